The van der Waals surface area contributed by atoms with Crippen LogP contribution < -0.4 is 5.56 Å². The molecule has 2 bridgehead atoms. The van der Waals surface area contributed by atoms with E-state index >= 15 is 0 Å². The van der Waals surface area contributed by atoms with E-state index in [1.807, 2.05) is 29.2 Å². The first-order valence-corrected chi connectivity index (χ1v) is 11.8. The third-order valence-electron chi connectivity index (χ3n) is 7.30. The lowest BCUT2D eigenvalue weighted by Crippen LogP contribution is -2.55. The Kier molecular flexibility index (Phi) is 5.50. The van der Waals surface area contributed by atoms with Gasteiger partial charge in [-0.15, -0.1) is 0 Å². The average Bonchev–Trinajstić information content (AvgIpc) is 3.13. The monoisotopic (exact) mass is 464 g/mol. The first-order chi connectivity index (χ1) is 16.2. The molecule has 9 heteroatoms. The maximum atomic E-state index is 13.8. The number of hydrogen-bond donors (Lipinski definition) is 0. The zero-order valence-corrected chi connectivity index (χ0v) is 19.3. The van der Waals surface area contributed by atoms with Crippen LogP contribution in [0.25, 0.3) is 0 Å². The predicted molar refractivity (Wildman–Crippen MR) is 124 cm³/mol. The van der Waals surface area contributed by atoms with Crippen LogP contribution in [0.2, 0.25) is 0 Å². The first-order valence-electron chi connectivity index (χ1n) is 11.8. The minimum absolute atomic E-state index is 0.0427. The molecular weight excluding hydrogens is 436 g/mol. The Morgan fingerprint density at radius 2 is 1.88 bits per heavy atom. The summed E-state index contributed by atoms with van der Waals surface area (Å²) in [6.45, 7) is 5.81. The lowest BCUT2D eigenvalue weighted by Gasteiger charge is -2.44. The Morgan fingerprint density at radius 1 is 1.12 bits per heavy atom. The van der Waals surface area contributed by atoms with Gasteiger partial charge in [0.2, 0.25) is 5.91 Å². The van der Waals surface area contributed by atoms with Crippen LogP contribution in [-0.4, -0.2) is 50.2 Å². The maximum absolute atomic E-state index is 13.8. The molecule has 3 unspecified atom stereocenters. The van der Waals surface area contributed by atoms with Gasteiger partial charge in [0, 0.05) is 49.4 Å². The molecule has 5 rings (SSSR count). The summed E-state index contributed by atoms with van der Waals surface area (Å²) >= 11 is 0. The molecule has 34 heavy (non-hydrogen) atoms. The maximum Gasteiger partial charge on any atom is 0.334 e. The summed E-state index contributed by atoms with van der Waals surface area (Å²) < 4.78 is 1.52. The van der Waals surface area contributed by atoms with Crippen molar-refractivity contribution in [2.75, 3.05) is 13.1 Å². The molecule has 1 aromatic carbocycles. The number of pyridine rings is 1. The van der Waals surface area contributed by atoms with E-state index < -0.39 is 22.2 Å². The molecular formula is C25H28N4O5. The summed E-state index contributed by atoms with van der Waals surface area (Å²) in [6.07, 6.45) is 1.41. The van der Waals surface area contributed by atoms with Crippen molar-refractivity contribution in [3.8, 4) is 0 Å². The van der Waals surface area contributed by atoms with E-state index in [0.717, 1.165) is 17.7 Å². The van der Waals surface area contributed by atoms with Crippen LogP contribution in [0.5, 0.6) is 0 Å². The number of rotatable bonds is 5. The lowest BCUT2D eigenvalue weighted by molar-refractivity contribution is -0.386. The number of likely N-dealkylation sites (tertiary alicyclic amines) is 1. The van der Waals surface area contributed by atoms with Crippen LogP contribution >= 0.6 is 0 Å². The summed E-state index contributed by atoms with van der Waals surface area (Å²) in [5.74, 6) is 0.0603. The predicted octanol–water partition coefficient (Wildman–Crippen LogP) is 2.77. The van der Waals surface area contributed by atoms with Gasteiger partial charge >= 0.3 is 11.2 Å². The highest BCUT2D eigenvalue weighted by Crippen LogP contribution is 2.37. The Morgan fingerprint density at radius 3 is 2.59 bits per heavy atom. The van der Waals surface area contributed by atoms with Crippen LogP contribution in [0.1, 0.15) is 54.2 Å². The second-order valence-electron chi connectivity index (χ2n) is 10.1. The summed E-state index contributed by atoms with van der Waals surface area (Å²) in [5.41, 5.74) is 1.36. The number of nitrogens with zero attached hydrogens (tertiary/aromatic N) is 4. The smallest absolute Gasteiger partial charge is 0.334 e. The van der Waals surface area contributed by atoms with Gasteiger partial charge in [0.1, 0.15) is 6.04 Å². The van der Waals surface area contributed by atoms with Gasteiger partial charge in [0.15, 0.2) is 0 Å². The van der Waals surface area contributed by atoms with Crippen LogP contribution in [0.4, 0.5) is 5.69 Å². The van der Waals surface area contributed by atoms with E-state index in [1.165, 1.54) is 10.6 Å². The van der Waals surface area contributed by atoms with Crippen molar-refractivity contribution in [2.24, 2.45) is 11.8 Å². The largest absolute Gasteiger partial charge is 0.340 e. The Hall–Kier alpha value is -3.49. The van der Waals surface area contributed by atoms with Gasteiger partial charge in [-0.25, -0.2) is 0 Å². The molecule has 3 aliphatic heterocycles. The van der Waals surface area contributed by atoms with Gasteiger partial charge in [-0.05, 0) is 42.4 Å². The lowest BCUT2D eigenvalue weighted by atomic mass is 9.82. The van der Waals surface area contributed by atoms with E-state index in [4.69, 9.17) is 0 Å². The van der Waals surface area contributed by atoms with Crippen molar-refractivity contribution in [1.29, 1.82) is 0 Å². The molecule has 0 spiro atoms. The summed E-state index contributed by atoms with van der Waals surface area (Å²) in [4.78, 5) is 53.8. The summed E-state index contributed by atoms with van der Waals surface area (Å²) in [6, 6.07) is 9.88. The zero-order valence-electron chi connectivity index (χ0n) is 19.3. The van der Waals surface area contributed by atoms with E-state index in [1.54, 1.807) is 11.0 Å². The topological polar surface area (TPSA) is 106 Å². The molecule has 3 atom stereocenters. The van der Waals surface area contributed by atoms with Crippen molar-refractivity contribution in [3.05, 3.63) is 73.7 Å². The van der Waals surface area contributed by atoms with Gasteiger partial charge in [-0.1, -0.05) is 32.0 Å². The number of nitro groups is 1. The van der Waals surface area contributed by atoms with Crippen molar-refractivity contribution in [3.63, 3.8) is 0 Å². The minimum atomic E-state index is -0.641. The summed E-state index contributed by atoms with van der Waals surface area (Å²) in [5, 5.41) is 11.2. The highest BCUT2D eigenvalue weighted by molar-refractivity contribution is 6.01. The third-order valence-corrected chi connectivity index (χ3v) is 7.30. The first kappa shape index (κ1) is 22.3. The molecule has 3 aliphatic rings. The molecule has 2 amide bonds. The summed E-state index contributed by atoms with van der Waals surface area (Å²) in [7, 11) is 0. The molecule has 1 fully saturated rings. The third kappa shape index (κ3) is 3.69. The Labute approximate surface area is 197 Å². The molecule has 0 aliphatic carbocycles. The second kappa shape index (κ2) is 8.38. The van der Waals surface area contributed by atoms with Crippen LogP contribution in [0.3, 0.4) is 0 Å². The highest BCUT2D eigenvalue weighted by Gasteiger charge is 2.42. The fourth-order valence-corrected chi connectivity index (χ4v) is 5.80. The molecule has 9 nitrogen and oxygen atoms in total. The molecule has 1 saturated heterocycles. The number of hydrogen-bond acceptors (Lipinski definition) is 5. The van der Waals surface area contributed by atoms with Gasteiger partial charge in [0.25, 0.3) is 5.91 Å². The fourth-order valence-electron chi connectivity index (χ4n) is 5.80. The second-order valence-corrected chi connectivity index (χ2v) is 10.1. The number of carbonyl (C=O) groups is 2. The van der Waals surface area contributed by atoms with Gasteiger partial charge in [0.05, 0.1) is 4.92 Å². The van der Waals surface area contributed by atoms with Crippen LogP contribution in [-0.2, 0) is 17.9 Å². The van der Waals surface area contributed by atoms with Gasteiger partial charge < -0.3 is 14.4 Å². The molecule has 4 heterocycles. The van der Waals surface area contributed by atoms with Crippen LogP contribution in [0.15, 0.2) is 41.2 Å². The number of piperidine rings is 1. The van der Waals surface area contributed by atoms with Crippen molar-refractivity contribution in [1.82, 2.24) is 14.4 Å². The minimum Gasteiger partial charge on any atom is -0.340 e. The molecule has 0 N–H and O–H groups in total. The van der Waals surface area contributed by atoms with E-state index in [2.05, 4.69) is 13.8 Å². The molecule has 1 aromatic heterocycles. The number of benzene rings is 1. The Bertz CT molecular complexity index is 1240. The number of fused-ring (bicyclic) bond motifs is 5. The van der Waals surface area contributed by atoms with Gasteiger partial charge in [-0.2, -0.15) is 0 Å². The van der Waals surface area contributed by atoms with Gasteiger partial charge in [-0.3, -0.25) is 24.5 Å². The molecule has 178 valence electrons. The van der Waals surface area contributed by atoms with E-state index in [0.29, 0.717) is 38.2 Å². The van der Waals surface area contributed by atoms with E-state index in [-0.39, 0.29) is 29.6 Å². The SMILES string of the molecule is CC(C)CC(C(=O)N1CC2CC(C1)c1ccc([N+](=O)[O-])c(=O)n1C2)N1Cc2ccccc2C1=O. The number of amides is 2. The Balaban J connectivity index is 1.41. The zero-order chi connectivity index (χ0) is 24.1. The average molecular weight is 465 g/mol. The van der Waals surface area contributed by atoms with Crippen molar-refractivity contribution in [2.45, 2.75) is 51.7 Å². The fraction of sp³-hybridized carbons (Fsp3) is 0.480. The standard InChI is InChI=1S/C25H28N4O5/c1-15(2)9-22(28-14-17-5-3-4-6-19(17)23(28)30)24(31)26-11-16-10-18(13-26)20-7-8-21(29(33)34)25(32)27(20)12-16/h3-8,15-16,18,22H,9-14H2,1-2H3. The van der Waals surface area contributed by atoms with E-state index in [9.17, 15) is 24.5 Å². The highest BCUT2D eigenvalue weighted by atomic mass is 16.6. The van der Waals surface area contributed by atoms with Crippen LogP contribution in [0, 0.1) is 22.0 Å². The quantitative estimate of drug-likeness (QED) is 0.500. The molecule has 0 saturated carbocycles. The van der Waals surface area contributed by atoms with Crippen molar-refractivity contribution >= 4 is 17.5 Å². The van der Waals surface area contributed by atoms with Crippen molar-refractivity contribution < 1.29 is 14.5 Å². The number of aromatic nitrogens is 1. The normalized spacial score (nSPS) is 21.9. The number of carbonyl (C=O) groups excluding carboxylic acids is 2. The molecule has 0 radical (unpaired) electrons. The molecule has 2 aromatic rings.